The van der Waals surface area contributed by atoms with Crippen LogP contribution in [0.1, 0.15) is 190 Å². The van der Waals surface area contributed by atoms with Crippen molar-refractivity contribution in [2.75, 3.05) is 6.66 Å². The molecule has 1 aliphatic heterocycles. The van der Waals surface area contributed by atoms with Crippen molar-refractivity contribution in [2.45, 2.75) is 183 Å². The van der Waals surface area contributed by atoms with Crippen LogP contribution in [0.25, 0.3) is 0 Å². The molecular weight excluding hydrogens is 578 g/mol. The second kappa shape index (κ2) is 11.4. The molecule has 0 nitrogen and oxygen atoms in total. The van der Waals surface area contributed by atoms with Gasteiger partial charge < -0.3 is 0 Å². The summed E-state index contributed by atoms with van der Waals surface area (Å²) >= 11 is 0. The Morgan fingerprint density at radius 3 is 0.800 bits per heavy atom. The van der Waals surface area contributed by atoms with Gasteiger partial charge in [0.15, 0.2) is 0 Å². The van der Waals surface area contributed by atoms with Gasteiger partial charge in [0.1, 0.15) is 11.8 Å². The Hall–Kier alpha value is -1.22. The van der Waals surface area contributed by atoms with Gasteiger partial charge >= 0.3 is 10.1 Å². The van der Waals surface area contributed by atoms with E-state index in [0.29, 0.717) is 0 Å². The summed E-state index contributed by atoms with van der Waals surface area (Å²) in [5.41, 5.74) is 12.8. The van der Waals surface area contributed by atoms with Crippen LogP contribution in [-0.4, -0.2) is 21.9 Å². The lowest BCUT2D eigenvalue weighted by Gasteiger charge is -2.35. The highest BCUT2D eigenvalue weighted by molar-refractivity contribution is 8.13. The monoisotopic (exact) mass is 648 g/mol. The van der Waals surface area contributed by atoms with E-state index in [4.69, 9.17) is 0 Å². The first-order valence-corrected chi connectivity index (χ1v) is 20.5. The van der Waals surface area contributed by atoms with Crippen molar-refractivity contribution in [1.29, 1.82) is 0 Å². The molecule has 2 heteroatoms. The first-order chi connectivity index (χ1) is 19.7. The maximum absolute atomic E-state index is 2.61. The summed E-state index contributed by atoms with van der Waals surface area (Å²) in [6.07, 6.45) is 0. The van der Waals surface area contributed by atoms with Crippen LogP contribution in [0.5, 0.6) is 0 Å². The summed E-state index contributed by atoms with van der Waals surface area (Å²) < 4.78 is 0. The molecule has 0 spiro atoms. The maximum atomic E-state index is 2.61. The number of hydrogen-bond donors (Lipinski definition) is 0. The maximum Gasteiger partial charge on any atom is 0.329 e. The van der Waals surface area contributed by atoms with E-state index in [1.165, 1.54) is 11.1 Å². The van der Waals surface area contributed by atoms with Crippen LogP contribution < -0.4 is 0 Å². The summed E-state index contributed by atoms with van der Waals surface area (Å²) in [5.74, 6) is 0. The summed E-state index contributed by atoms with van der Waals surface area (Å²) in [4.78, 5) is 0. The van der Waals surface area contributed by atoms with Crippen LogP contribution in [0.3, 0.4) is 0 Å². The van der Waals surface area contributed by atoms with Crippen LogP contribution in [-0.2, 0) is 32.5 Å². The zero-order valence-electron chi connectivity index (χ0n) is 33.7. The van der Waals surface area contributed by atoms with Crippen molar-refractivity contribution in [2.24, 2.45) is 0 Å². The summed E-state index contributed by atoms with van der Waals surface area (Å²) in [7, 11) is -0.992. The fourth-order valence-corrected chi connectivity index (χ4v) is 15.1. The van der Waals surface area contributed by atoms with E-state index in [0.717, 1.165) is 0 Å². The lowest BCUT2D eigenvalue weighted by molar-refractivity contribution is 0.546. The highest BCUT2D eigenvalue weighted by Gasteiger charge is 2.61. The largest absolute Gasteiger partial charge is 0.329 e. The molecule has 250 valence electrons. The molecule has 2 unspecified atom stereocenters. The van der Waals surface area contributed by atoms with Crippen molar-refractivity contribution in [3.8, 4) is 0 Å². The lowest BCUT2D eigenvalue weighted by Crippen LogP contribution is -2.33. The minimum Gasteiger partial charge on any atom is -0.0561 e. The molecule has 0 amide bonds. The van der Waals surface area contributed by atoms with Crippen LogP contribution in [0, 0.1) is 0 Å². The van der Waals surface area contributed by atoms with E-state index in [2.05, 4.69) is 176 Å². The normalized spacial score (nSPS) is 17.6. The van der Waals surface area contributed by atoms with Crippen LogP contribution >= 0.6 is 15.1 Å². The lowest BCUT2D eigenvalue weighted by atomic mass is 9.72. The predicted octanol–water partition coefficient (Wildman–Crippen LogP) is 13.5. The smallest absolute Gasteiger partial charge is 0.0561 e. The van der Waals surface area contributed by atoms with Gasteiger partial charge in [0.2, 0.25) is 15.1 Å². The third kappa shape index (κ3) is 7.60. The molecule has 0 aromatic heterocycles. The first kappa shape index (κ1) is 38.2. The average molecular weight is 649 g/mol. The molecule has 0 aliphatic carbocycles. The summed E-state index contributed by atoms with van der Waals surface area (Å²) in [6.45, 7) is 53.7. The Labute approximate surface area is 282 Å². The molecule has 1 heterocycles. The van der Waals surface area contributed by atoms with Crippen LogP contribution in [0.15, 0.2) is 24.3 Å². The van der Waals surface area contributed by atoms with Gasteiger partial charge in [-0.15, -0.1) is 0 Å². The molecule has 0 saturated carbocycles. The third-order valence-corrected chi connectivity index (χ3v) is 16.8. The minimum atomic E-state index is -0.524. The van der Waals surface area contributed by atoms with Crippen molar-refractivity contribution in [3.05, 3.63) is 68.8 Å². The van der Waals surface area contributed by atoms with Crippen molar-refractivity contribution >= 4 is 25.2 Å². The molecule has 2 atom stereocenters. The van der Waals surface area contributed by atoms with E-state index in [1.54, 1.807) is 43.4 Å². The number of rotatable bonds is 2. The van der Waals surface area contributed by atoms with Gasteiger partial charge in [-0.2, -0.15) is 0 Å². The van der Waals surface area contributed by atoms with E-state index >= 15 is 0 Å². The average Bonchev–Trinajstić information content (AvgIpc) is 2.77. The first-order valence-electron chi connectivity index (χ1n) is 17.4. The quantitative estimate of drug-likeness (QED) is 0.284. The van der Waals surface area contributed by atoms with Gasteiger partial charge in [-0.25, -0.2) is 0 Å². The van der Waals surface area contributed by atoms with Gasteiger partial charge in [0, 0.05) is 0 Å². The zero-order chi connectivity index (χ0) is 35.3. The fraction of sp³-hybridized carbons (Fsp3) is 0.674. The molecule has 3 rings (SSSR count). The van der Waals surface area contributed by atoms with Gasteiger partial charge in [-0.3, -0.25) is 0 Å². The Morgan fingerprint density at radius 2 is 0.600 bits per heavy atom. The van der Waals surface area contributed by atoms with E-state index in [-0.39, 0.29) is 37.6 Å². The fourth-order valence-electron chi connectivity index (χ4n) is 6.65. The highest BCUT2D eigenvalue weighted by atomic mass is 31.2. The van der Waals surface area contributed by atoms with Gasteiger partial charge in [0.05, 0.1) is 11.1 Å². The summed E-state index contributed by atoms with van der Waals surface area (Å²) in [6, 6.07) is 10.4. The molecule has 0 fully saturated rings. The van der Waals surface area contributed by atoms with Crippen molar-refractivity contribution < 1.29 is 0 Å². The molecule has 0 bridgehead atoms. The predicted molar refractivity (Wildman–Crippen MR) is 213 cm³/mol. The summed E-state index contributed by atoms with van der Waals surface area (Å²) in [5, 5.41) is 3.74. The second-order valence-electron chi connectivity index (χ2n) is 21.1. The van der Waals surface area contributed by atoms with Crippen LogP contribution in [0.2, 0.25) is 0 Å². The zero-order valence-corrected chi connectivity index (χ0v) is 35.5. The molecule has 0 saturated heterocycles. The van der Waals surface area contributed by atoms with Gasteiger partial charge in [0.25, 0.3) is 0 Å². The topological polar surface area (TPSA) is 0 Å². The molecule has 0 N–H and O–H groups in total. The second-order valence-corrected chi connectivity index (χ2v) is 26.7. The standard InChI is InChI=1S/C43H70P2/c1-37(2,3)27-23-29(39(7,8)9)33(30(24-27)40(10,11)12)35-44(22)36(45(35)43(19,20)21)34-31(41(13,14)15)25-28(38(4,5)6)26-32(34)42(16,17)18/h23-26H,1-22H3/q+2. The van der Waals surface area contributed by atoms with E-state index in [1.807, 2.05) is 0 Å². The Balaban J connectivity index is 2.65. The van der Waals surface area contributed by atoms with Gasteiger partial charge in [-0.05, 0) is 86.6 Å². The molecular formula is C43H70P2+2. The molecule has 1 aliphatic rings. The number of hydrogen-bond acceptors (Lipinski definition) is 0. The van der Waals surface area contributed by atoms with Crippen molar-refractivity contribution in [1.82, 2.24) is 0 Å². The number of benzene rings is 2. The Morgan fingerprint density at radius 1 is 0.356 bits per heavy atom. The Kier molecular flexibility index (Phi) is 9.72. The van der Waals surface area contributed by atoms with Gasteiger partial charge in [-0.1, -0.05) is 149 Å². The van der Waals surface area contributed by atoms with Crippen molar-refractivity contribution in [3.63, 3.8) is 0 Å². The molecule has 2 aromatic rings. The van der Waals surface area contributed by atoms with E-state index in [9.17, 15) is 0 Å². The minimum absolute atomic E-state index is 0.0515. The molecule has 45 heavy (non-hydrogen) atoms. The van der Waals surface area contributed by atoms with Crippen LogP contribution in [0.4, 0.5) is 0 Å². The molecule has 0 radical (unpaired) electrons. The third-order valence-electron chi connectivity index (χ3n) is 9.42. The highest BCUT2D eigenvalue weighted by Crippen LogP contribution is 2.65. The molecule has 2 aromatic carbocycles. The Bertz CT molecular complexity index is 1470. The SMILES string of the molecule is C[P+]1=C(c2c(C(C)(C)C)cc(C(C)(C)C)cc2C(C)(C)C)[P+](C(C)(C)C)=C1c1c(C(C)(C)C)cc(C(C)(C)C)cc1C(C)(C)C. The van der Waals surface area contributed by atoms with E-state index < -0.39 is 15.1 Å².